The molecule has 1 N–H and O–H groups in total. The van der Waals surface area contributed by atoms with Crippen LogP contribution in [0.4, 0.5) is 10.1 Å². The second kappa shape index (κ2) is 7.61. The lowest BCUT2D eigenvalue weighted by Crippen LogP contribution is -2.14. The lowest BCUT2D eigenvalue weighted by molar-refractivity contribution is -0.113. The van der Waals surface area contributed by atoms with E-state index in [-0.39, 0.29) is 11.7 Å². The molecule has 2 aromatic rings. The third-order valence-corrected chi connectivity index (χ3v) is 4.45. The van der Waals surface area contributed by atoms with E-state index in [9.17, 15) is 9.18 Å². The van der Waals surface area contributed by atoms with Crippen LogP contribution in [-0.2, 0) is 10.5 Å². The maximum atomic E-state index is 13.0. The van der Waals surface area contributed by atoms with E-state index in [1.807, 2.05) is 31.2 Å². The Morgan fingerprint density at radius 1 is 1.29 bits per heavy atom. The molecule has 0 heterocycles. The third-order valence-electron chi connectivity index (χ3n) is 2.79. The van der Waals surface area contributed by atoms with E-state index in [4.69, 9.17) is 0 Å². The van der Waals surface area contributed by atoms with E-state index < -0.39 is 0 Å². The minimum atomic E-state index is -0.249. The van der Waals surface area contributed by atoms with Crippen molar-refractivity contribution in [2.45, 2.75) is 12.7 Å². The molecule has 0 fully saturated rings. The lowest BCUT2D eigenvalue weighted by atomic mass is 10.2. The van der Waals surface area contributed by atoms with Crippen LogP contribution in [0, 0.1) is 12.7 Å². The van der Waals surface area contributed by atoms with Gasteiger partial charge < -0.3 is 5.32 Å². The first kappa shape index (κ1) is 16.0. The first-order chi connectivity index (χ1) is 10.0. The maximum Gasteiger partial charge on any atom is 0.234 e. The lowest BCUT2D eigenvalue weighted by Gasteiger charge is -2.08. The van der Waals surface area contributed by atoms with Crippen LogP contribution >= 0.6 is 27.7 Å². The van der Waals surface area contributed by atoms with Crippen LogP contribution in [0.2, 0.25) is 0 Å². The number of hydrogen-bond acceptors (Lipinski definition) is 2. The summed E-state index contributed by atoms with van der Waals surface area (Å²) >= 11 is 4.88. The van der Waals surface area contributed by atoms with Crippen molar-refractivity contribution < 1.29 is 9.18 Å². The van der Waals surface area contributed by atoms with Crippen molar-refractivity contribution in [3.05, 3.63) is 63.9 Å². The Morgan fingerprint density at radius 3 is 2.81 bits per heavy atom. The molecule has 110 valence electrons. The van der Waals surface area contributed by atoms with Crippen LogP contribution in [0.1, 0.15) is 11.1 Å². The number of anilines is 1. The molecular weight excluding hydrogens is 353 g/mol. The predicted octanol–water partition coefficient (Wildman–Crippen LogP) is 4.77. The molecule has 2 nitrogen and oxygen atoms in total. The van der Waals surface area contributed by atoms with Gasteiger partial charge >= 0.3 is 0 Å². The standard InChI is InChI=1S/C16H15BrFNOS/c1-11-5-6-15(14(17)7-11)19-16(20)10-21-9-12-3-2-4-13(18)8-12/h2-8H,9-10H2,1H3,(H,19,20). The zero-order valence-corrected chi connectivity index (χ0v) is 13.9. The molecule has 0 aliphatic heterocycles. The fourth-order valence-corrected chi connectivity index (χ4v) is 3.16. The second-order valence-electron chi connectivity index (χ2n) is 4.65. The number of halogens is 2. The largest absolute Gasteiger partial charge is 0.324 e. The van der Waals surface area contributed by atoms with Crippen LogP contribution in [0.15, 0.2) is 46.9 Å². The SMILES string of the molecule is Cc1ccc(NC(=O)CSCc2cccc(F)c2)c(Br)c1. The van der Waals surface area contributed by atoms with Crippen LogP contribution in [0.5, 0.6) is 0 Å². The van der Waals surface area contributed by atoms with Crippen molar-refractivity contribution in [3.63, 3.8) is 0 Å². The van der Waals surface area contributed by atoms with Crippen LogP contribution in [0.3, 0.4) is 0 Å². The Bertz CT molecular complexity index is 648. The highest BCUT2D eigenvalue weighted by atomic mass is 79.9. The van der Waals surface area contributed by atoms with Crippen molar-refractivity contribution in [2.24, 2.45) is 0 Å². The number of aryl methyl sites for hydroxylation is 1. The molecule has 0 radical (unpaired) electrons. The Balaban J connectivity index is 1.82. The molecule has 0 saturated heterocycles. The van der Waals surface area contributed by atoms with Crippen molar-refractivity contribution in [1.29, 1.82) is 0 Å². The number of benzene rings is 2. The molecular formula is C16H15BrFNOS. The Kier molecular flexibility index (Phi) is 5.82. The second-order valence-corrected chi connectivity index (χ2v) is 6.49. The molecule has 21 heavy (non-hydrogen) atoms. The smallest absolute Gasteiger partial charge is 0.234 e. The van der Waals surface area contributed by atoms with Gasteiger partial charge in [-0.2, -0.15) is 0 Å². The van der Waals surface area contributed by atoms with Gasteiger partial charge in [0.2, 0.25) is 5.91 Å². The molecule has 0 unspecified atom stereocenters. The summed E-state index contributed by atoms with van der Waals surface area (Å²) in [6.45, 7) is 1.99. The fourth-order valence-electron chi connectivity index (χ4n) is 1.80. The number of nitrogens with one attached hydrogen (secondary N) is 1. The average molecular weight is 368 g/mol. The molecule has 1 amide bonds. The number of rotatable bonds is 5. The normalized spacial score (nSPS) is 10.4. The third kappa shape index (κ3) is 5.17. The first-order valence-electron chi connectivity index (χ1n) is 6.43. The van der Waals surface area contributed by atoms with Gasteiger partial charge in [0, 0.05) is 10.2 Å². The van der Waals surface area contributed by atoms with Crippen molar-refractivity contribution in [2.75, 3.05) is 11.1 Å². The summed E-state index contributed by atoms with van der Waals surface area (Å²) in [5.74, 6) is 0.624. The summed E-state index contributed by atoms with van der Waals surface area (Å²) in [7, 11) is 0. The number of thioether (sulfide) groups is 1. The number of carbonyl (C=O) groups is 1. The van der Waals surface area contributed by atoms with E-state index in [1.54, 1.807) is 6.07 Å². The van der Waals surface area contributed by atoms with Gasteiger partial charge in [0.25, 0.3) is 0 Å². The van der Waals surface area contributed by atoms with Gasteiger partial charge in [-0.25, -0.2) is 4.39 Å². The van der Waals surface area contributed by atoms with Crippen LogP contribution < -0.4 is 5.32 Å². The van der Waals surface area contributed by atoms with Gasteiger partial charge in [-0.3, -0.25) is 4.79 Å². The minimum Gasteiger partial charge on any atom is -0.324 e. The summed E-state index contributed by atoms with van der Waals surface area (Å²) in [5, 5.41) is 2.85. The van der Waals surface area contributed by atoms with Gasteiger partial charge in [0.05, 0.1) is 11.4 Å². The molecule has 2 rings (SSSR count). The minimum absolute atomic E-state index is 0.0686. The highest BCUT2D eigenvalue weighted by molar-refractivity contribution is 9.10. The molecule has 0 saturated carbocycles. The Hall–Kier alpha value is -1.33. The van der Waals surface area contributed by atoms with Gasteiger partial charge in [-0.1, -0.05) is 18.2 Å². The molecule has 0 atom stereocenters. The molecule has 0 aliphatic rings. The van der Waals surface area contributed by atoms with E-state index in [0.717, 1.165) is 21.3 Å². The predicted molar refractivity (Wildman–Crippen MR) is 90.1 cm³/mol. The fraction of sp³-hybridized carbons (Fsp3) is 0.188. The molecule has 2 aromatic carbocycles. The zero-order chi connectivity index (χ0) is 15.2. The average Bonchev–Trinajstić information content (AvgIpc) is 2.42. The zero-order valence-electron chi connectivity index (χ0n) is 11.5. The number of carbonyl (C=O) groups excluding carboxylic acids is 1. The Morgan fingerprint density at radius 2 is 2.10 bits per heavy atom. The number of amides is 1. The monoisotopic (exact) mass is 367 g/mol. The molecule has 5 heteroatoms. The van der Waals surface area contributed by atoms with Gasteiger partial charge in [0.1, 0.15) is 5.82 Å². The quantitative estimate of drug-likeness (QED) is 0.824. The van der Waals surface area contributed by atoms with Gasteiger partial charge in [-0.15, -0.1) is 11.8 Å². The van der Waals surface area contributed by atoms with Gasteiger partial charge in [0.15, 0.2) is 0 Å². The van der Waals surface area contributed by atoms with Crippen molar-refractivity contribution in [1.82, 2.24) is 0 Å². The van der Waals surface area contributed by atoms with Crippen LogP contribution in [0.25, 0.3) is 0 Å². The molecule has 0 bridgehead atoms. The van der Waals surface area contributed by atoms with Gasteiger partial charge in [-0.05, 0) is 58.2 Å². The molecule has 0 spiro atoms. The van der Waals surface area contributed by atoms with E-state index in [1.165, 1.54) is 23.9 Å². The maximum absolute atomic E-state index is 13.0. The molecule has 0 aromatic heterocycles. The van der Waals surface area contributed by atoms with Crippen LogP contribution in [-0.4, -0.2) is 11.7 Å². The summed E-state index contributed by atoms with van der Waals surface area (Å²) in [5.41, 5.74) is 2.77. The van der Waals surface area contributed by atoms with E-state index in [2.05, 4.69) is 21.2 Å². The topological polar surface area (TPSA) is 29.1 Å². The van der Waals surface area contributed by atoms with Crippen molar-refractivity contribution in [3.8, 4) is 0 Å². The molecule has 0 aliphatic carbocycles. The van der Waals surface area contributed by atoms with E-state index in [0.29, 0.717) is 11.5 Å². The summed E-state index contributed by atoms with van der Waals surface area (Å²) < 4.78 is 13.9. The summed E-state index contributed by atoms with van der Waals surface area (Å²) in [6, 6.07) is 12.2. The highest BCUT2D eigenvalue weighted by Crippen LogP contribution is 2.23. The van der Waals surface area contributed by atoms with E-state index >= 15 is 0 Å². The summed E-state index contributed by atoms with van der Waals surface area (Å²) in [6.07, 6.45) is 0. The highest BCUT2D eigenvalue weighted by Gasteiger charge is 2.06. The van der Waals surface area contributed by atoms with Crippen molar-refractivity contribution >= 4 is 39.3 Å². The number of hydrogen-bond donors (Lipinski definition) is 1. The summed E-state index contributed by atoms with van der Waals surface area (Å²) in [4.78, 5) is 11.9. The first-order valence-corrected chi connectivity index (χ1v) is 8.37. The Labute approximate surface area is 136 Å².